The van der Waals surface area contributed by atoms with Crippen LogP contribution in [-0.2, 0) is 20.7 Å². The summed E-state index contributed by atoms with van der Waals surface area (Å²) in [4.78, 5) is 38.2. The highest BCUT2D eigenvalue weighted by atomic mass is 16.5. The van der Waals surface area contributed by atoms with E-state index in [9.17, 15) is 14.4 Å². The highest BCUT2D eigenvalue weighted by molar-refractivity contribution is 5.96. The monoisotopic (exact) mass is 476 g/mol. The minimum atomic E-state index is -0.989. The van der Waals surface area contributed by atoms with Gasteiger partial charge in [0, 0.05) is 12.1 Å². The van der Waals surface area contributed by atoms with Crippen molar-refractivity contribution in [3.05, 3.63) is 89.4 Å². The van der Waals surface area contributed by atoms with Crippen LogP contribution in [0.2, 0.25) is 0 Å². The Hall–Kier alpha value is -3.87. The topological polar surface area (TPSA) is 97.6 Å². The number of amides is 2. The van der Waals surface area contributed by atoms with Crippen molar-refractivity contribution < 1.29 is 23.5 Å². The SMILES string of the molecule is CC(C)c1cccc(C(C)C)c1NC(=O)COC(=O)[C@H](Cc1ccccc1)NC(=O)c1ccco1. The van der Waals surface area contributed by atoms with Crippen molar-refractivity contribution in [2.75, 3.05) is 11.9 Å². The first-order valence-electron chi connectivity index (χ1n) is 11.7. The Bertz CT molecular complexity index is 1110. The van der Waals surface area contributed by atoms with Gasteiger partial charge in [-0.2, -0.15) is 0 Å². The molecule has 3 rings (SSSR count). The number of ether oxygens (including phenoxy) is 1. The van der Waals surface area contributed by atoms with Crippen molar-refractivity contribution in [2.24, 2.45) is 0 Å². The zero-order valence-electron chi connectivity index (χ0n) is 20.5. The van der Waals surface area contributed by atoms with Gasteiger partial charge in [0.2, 0.25) is 0 Å². The van der Waals surface area contributed by atoms with Gasteiger partial charge in [-0.1, -0.05) is 76.2 Å². The molecule has 3 aromatic rings. The van der Waals surface area contributed by atoms with Gasteiger partial charge in [-0.05, 0) is 40.7 Å². The molecular formula is C28H32N2O5. The van der Waals surface area contributed by atoms with Gasteiger partial charge in [0.05, 0.1) is 6.26 Å². The molecule has 7 nitrogen and oxygen atoms in total. The van der Waals surface area contributed by atoms with E-state index in [0.29, 0.717) is 0 Å². The van der Waals surface area contributed by atoms with Crippen LogP contribution in [0.1, 0.15) is 66.8 Å². The summed E-state index contributed by atoms with van der Waals surface area (Å²) in [7, 11) is 0. The molecule has 0 aliphatic carbocycles. The predicted octanol–water partition coefficient (Wildman–Crippen LogP) is 5.05. The van der Waals surface area contributed by atoms with Crippen molar-refractivity contribution >= 4 is 23.5 Å². The summed E-state index contributed by atoms with van der Waals surface area (Å²) in [6.07, 6.45) is 1.59. The average molecular weight is 477 g/mol. The van der Waals surface area contributed by atoms with E-state index < -0.39 is 30.4 Å². The first-order valence-corrected chi connectivity index (χ1v) is 11.7. The highest BCUT2D eigenvalue weighted by Crippen LogP contribution is 2.32. The molecule has 1 heterocycles. The summed E-state index contributed by atoms with van der Waals surface area (Å²) in [6, 6.07) is 17.3. The van der Waals surface area contributed by atoms with Crippen LogP contribution in [0.3, 0.4) is 0 Å². The Morgan fingerprint density at radius 2 is 1.51 bits per heavy atom. The van der Waals surface area contributed by atoms with Crippen LogP contribution < -0.4 is 10.6 Å². The third-order valence-electron chi connectivity index (χ3n) is 5.60. The quantitative estimate of drug-likeness (QED) is 0.399. The van der Waals surface area contributed by atoms with Crippen molar-refractivity contribution in [1.82, 2.24) is 5.32 Å². The Balaban J connectivity index is 1.70. The second-order valence-electron chi connectivity index (χ2n) is 8.97. The molecule has 0 unspecified atom stereocenters. The smallest absolute Gasteiger partial charge is 0.329 e. The standard InChI is InChI=1S/C28H32N2O5/c1-18(2)21-12-8-13-22(19(3)4)26(21)30-25(31)17-35-28(33)23(16-20-10-6-5-7-11-20)29-27(32)24-14-9-15-34-24/h5-15,18-19,23H,16-17H2,1-4H3,(H,29,32)(H,30,31)/t23-/m0/s1. The second kappa shape index (κ2) is 12.0. The van der Waals surface area contributed by atoms with Crippen molar-refractivity contribution in [1.29, 1.82) is 0 Å². The normalized spacial score (nSPS) is 11.8. The van der Waals surface area contributed by atoms with Gasteiger partial charge in [0.1, 0.15) is 6.04 Å². The Morgan fingerprint density at radius 1 is 0.857 bits per heavy atom. The minimum absolute atomic E-state index is 0.0834. The molecule has 0 aliphatic heterocycles. The second-order valence-corrected chi connectivity index (χ2v) is 8.97. The van der Waals surface area contributed by atoms with E-state index >= 15 is 0 Å². The van der Waals surface area contributed by atoms with Gasteiger partial charge >= 0.3 is 5.97 Å². The molecule has 1 aromatic heterocycles. The van der Waals surface area contributed by atoms with Gasteiger partial charge in [-0.15, -0.1) is 0 Å². The zero-order chi connectivity index (χ0) is 25.4. The van der Waals surface area contributed by atoms with E-state index in [-0.39, 0.29) is 24.0 Å². The number of hydrogen-bond donors (Lipinski definition) is 2. The number of carbonyl (C=O) groups is 3. The predicted molar refractivity (Wildman–Crippen MR) is 134 cm³/mol. The van der Waals surface area contributed by atoms with Crippen LogP contribution in [-0.4, -0.2) is 30.4 Å². The van der Waals surface area contributed by atoms with Crippen LogP contribution in [0.4, 0.5) is 5.69 Å². The Morgan fingerprint density at radius 3 is 2.09 bits per heavy atom. The van der Waals surface area contributed by atoms with Gasteiger partial charge in [0.25, 0.3) is 11.8 Å². The molecule has 0 fully saturated rings. The minimum Gasteiger partial charge on any atom is -0.459 e. The van der Waals surface area contributed by atoms with Crippen molar-refractivity contribution in [3.8, 4) is 0 Å². The molecule has 0 spiro atoms. The van der Waals surface area contributed by atoms with Gasteiger partial charge in [-0.25, -0.2) is 4.79 Å². The van der Waals surface area contributed by atoms with Crippen LogP contribution in [0.5, 0.6) is 0 Å². The van der Waals surface area contributed by atoms with E-state index in [2.05, 4.69) is 38.3 Å². The molecule has 2 aromatic carbocycles. The number of furan rings is 1. The molecule has 7 heteroatoms. The third kappa shape index (κ3) is 7.06. The number of benzene rings is 2. The number of rotatable bonds is 10. The molecule has 2 amide bonds. The maximum Gasteiger partial charge on any atom is 0.329 e. The van der Waals surface area contributed by atoms with Crippen LogP contribution >= 0.6 is 0 Å². The lowest BCUT2D eigenvalue weighted by Crippen LogP contribution is -2.44. The van der Waals surface area contributed by atoms with Crippen LogP contribution in [0.25, 0.3) is 0 Å². The molecule has 184 valence electrons. The fraction of sp³-hybridized carbons (Fsp3) is 0.321. The van der Waals surface area contributed by atoms with E-state index in [0.717, 1.165) is 22.4 Å². The lowest BCUT2D eigenvalue weighted by atomic mass is 9.92. The summed E-state index contributed by atoms with van der Waals surface area (Å²) in [6.45, 7) is 7.77. The maximum absolute atomic E-state index is 12.9. The number of nitrogens with one attached hydrogen (secondary N) is 2. The number of carbonyl (C=O) groups excluding carboxylic acids is 3. The van der Waals surface area contributed by atoms with Gasteiger partial charge in [-0.3, -0.25) is 9.59 Å². The van der Waals surface area contributed by atoms with Crippen LogP contribution in [0.15, 0.2) is 71.3 Å². The number of para-hydroxylation sites is 1. The summed E-state index contributed by atoms with van der Waals surface area (Å²) in [5, 5.41) is 5.58. The highest BCUT2D eigenvalue weighted by Gasteiger charge is 2.25. The average Bonchev–Trinajstić information content (AvgIpc) is 3.38. The molecular weight excluding hydrogens is 444 g/mol. The van der Waals surface area contributed by atoms with E-state index in [1.54, 1.807) is 6.07 Å². The molecule has 0 aliphatic rings. The molecule has 35 heavy (non-hydrogen) atoms. The number of esters is 1. The van der Waals surface area contributed by atoms with E-state index in [1.807, 2.05) is 48.5 Å². The maximum atomic E-state index is 12.9. The van der Waals surface area contributed by atoms with Crippen molar-refractivity contribution in [3.63, 3.8) is 0 Å². The Kier molecular flexibility index (Phi) is 8.84. The van der Waals surface area contributed by atoms with Crippen LogP contribution in [0, 0.1) is 0 Å². The largest absolute Gasteiger partial charge is 0.459 e. The summed E-state index contributed by atoms with van der Waals surface area (Å²) < 4.78 is 10.5. The third-order valence-corrected chi connectivity index (χ3v) is 5.60. The first kappa shape index (κ1) is 25.7. The molecule has 1 atom stereocenters. The lowest BCUT2D eigenvalue weighted by molar-refractivity contribution is -0.149. The van der Waals surface area contributed by atoms with Crippen molar-refractivity contribution in [2.45, 2.75) is 52.0 Å². The molecule has 0 bridgehead atoms. The Labute approximate surface area is 205 Å². The molecule has 0 radical (unpaired) electrons. The zero-order valence-corrected chi connectivity index (χ0v) is 20.5. The summed E-state index contributed by atoms with van der Waals surface area (Å²) >= 11 is 0. The molecule has 2 N–H and O–H groups in total. The lowest BCUT2D eigenvalue weighted by Gasteiger charge is -2.21. The fourth-order valence-corrected chi connectivity index (χ4v) is 3.79. The fourth-order valence-electron chi connectivity index (χ4n) is 3.79. The van der Waals surface area contributed by atoms with E-state index in [4.69, 9.17) is 9.15 Å². The summed E-state index contributed by atoms with van der Waals surface area (Å²) in [5.74, 6) is -1.18. The molecule has 0 saturated carbocycles. The van der Waals surface area contributed by atoms with Gasteiger partial charge < -0.3 is 19.8 Å². The van der Waals surface area contributed by atoms with Gasteiger partial charge in [0.15, 0.2) is 12.4 Å². The first-order chi connectivity index (χ1) is 16.8. The summed E-state index contributed by atoms with van der Waals surface area (Å²) in [5.41, 5.74) is 3.63. The number of hydrogen-bond acceptors (Lipinski definition) is 5. The van der Waals surface area contributed by atoms with E-state index in [1.165, 1.54) is 12.3 Å². The molecule has 0 saturated heterocycles. The number of anilines is 1.